The van der Waals surface area contributed by atoms with Crippen LogP contribution in [0.25, 0.3) is 11.1 Å². The van der Waals surface area contributed by atoms with Gasteiger partial charge < -0.3 is 15.3 Å². The molecule has 0 amide bonds. The Morgan fingerprint density at radius 1 is 0.842 bits per heavy atom. The normalized spacial score (nSPS) is 10.1. The molecule has 0 saturated carbocycles. The molecule has 0 aliphatic rings. The van der Waals surface area contributed by atoms with Gasteiger partial charge in [-0.1, -0.05) is 12.1 Å². The second kappa shape index (κ2) is 4.81. The van der Waals surface area contributed by atoms with Crippen molar-refractivity contribution in [3.63, 3.8) is 0 Å². The number of aromatic carboxylic acids is 2. The number of carbonyl (C=O) groups is 2. The second-order valence-electron chi connectivity index (χ2n) is 3.92. The molecule has 2 aromatic rings. The minimum Gasteiger partial charge on any atom is -0.507 e. The zero-order chi connectivity index (χ0) is 14.0. The lowest BCUT2D eigenvalue weighted by atomic mass is 10.0. The monoisotopic (exact) mass is 258 g/mol. The van der Waals surface area contributed by atoms with Gasteiger partial charge in [0.05, 0.1) is 11.1 Å². The van der Waals surface area contributed by atoms with Crippen LogP contribution in [0.15, 0.2) is 42.5 Å². The lowest BCUT2D eigenvalue weighted by Gasteiger charge is -2.06. The molecule has 3 N–H and O–H groups in total. The van der Waals surface area contributed by atoms with Crippen LogP contribution in [-0.2, 0) is 0 Å². The highest BCUT2D eigenvalue weighted by Gasteiger charge is 2.11. The van der Waals surface area contributed by atoms with Crippen LogP contribution in [0.2, 0.25) is 0 Å². The summed E-state index contributed by atoms with van der Waals surface area (Å²) >= 11 is 0. The van der Waals surface area contributed by atoms with Gasteiger partial charge in [0.1, 0.15) is 5.75 Å². The molecule has 0 fully saturated rings. The van der Waals surface area contributed by atoms with E-state index in [1.165, 1.54) is 24.3 Å². The van der Waals surface area contributed by atoms with Gasteiger partial charge in [-0.2, -0.15) is 0 Å². The van der Waals surface area contributed by atoms with Crippen molar-refractivity contribution in [2.45, 2.75) is 0 Å². The zero-order valence-corrected chi connectivity index (χ0v) is 9.70. The SMILES string of the molecule is O=C(O)c1cccc(-c2ccc(C(=O)O)cc2O)c1. The average molecular weight is 258 g/mol. The number of rotatable bonds is 3. The molecule has 2 aromatic carbocycles. The van der Waals surface area contributed by atoms with Gasteiger partial charge in [0.15, 0.2) is 0 Å². The van der Waals surface area contributed by atoms with Crippen molar-refractivity contribution in [3.05, 3.63) is 53.6 Å². The average Bonchev–Trinajstić information content (AvgIpc) is 2.38. The summed E-state index contributed by atoms with van der Waals surface area (Å²) < 4.78 is 0. The zero-order valence-electron chi connectivity index (χ0n) is 9.70. The molecule has 96 valence electrons. The van der Waals surface area contributed by atoms with E-state index >= 15 is 0 Å². The van der Waals surface area contributed by atoms with E-state index in [4.69, 9.17) is 10.2 Å². The summed E-state index contributed by atoms with van der Waals surface area (Å²) in [5, 5.41) is 27.5. The van der Waals surface area contributed by atoms with Gasteiger partial charge in [-0.25, -0.2) is 9.59 Å². The highest BCUT2D eigenvalue weighted by molar-refractivity contribution is 5.91. The predicted octanol–water partition coefficient (Wildman–Crippen LogP) is 2.46. The first-order valence-electron chi connectivity index (χ1n) is 5.39. The summed E-state index contributed by atoms with van der Waals surface area (Å²) in [6.45, 7) is 0. The Morgan fingerprint density at radius 3 is 2.05 bits per heavy atom. The fourth-order valence-electron chi connectivity index (χ4n) is 1.73. The molecule has 0 unspecified atom stereocenters. The number of carboxylic acid groups (broad SMARTS) is 2. The Bertz CT molecular complexity index is 661. The molecule has 0 heterocycles. The fourth-order valence-corrected chi connectivity index (χ4v) is 1.73. The van der Waals surface area contributed by atoms with Gasteiger partial charge in [0.25, 0.3) is 0 Å². The van der Waals surface area contributed by atoms with E-state index in [-0.39, 0.29) is 16.9 Å². The molecule has 0 aromatic heterocycles. The Hall–Kier alpha value is -2.82. The van der Waals surface area contributed by atoms with Crippen molar-refractivity contribution < 1.29 is 24.9 Å². The van der Waals surface area contributed by atoms with Gasteiger partial charge in [-0.15, -0.1) is 0 Å². The molecule has 5 heteroatoms. The lowest BCUT2D eigenvalue weighted by molar-refractivity contribution is 0.0686. The van der Waals surface area contributed by atoms with Crippen molar-refractivity contribution in [2.75, 3.05) is 0 Å². The van der Waals surface area contributed by atoms with E-state index in [2.05, 4.69) is 0 Å². The largest absolute Gasteiger partial charge is 0.507 e. The van der Waals surface area contributed by atoms with E-state index in [1.807, 2.05) is 0 Å². The van der Waals surface area contributed by atoms with Gasteiger partial charge in [-0.05, 0) is 35.9 Å². The van der Waals surface area contributed by atoms with Crippen molar-refractivity contribution >= 4 is 11.9 Å². The van der Waals surface area contributed by atoms with E-state index < -0.39 is 11.9 Å². The number of hydrogen-bond acceptors (Lipinski definition) is 3. The molecule has 0 saturated heterocycles. The van der Waals surface area contributed by atoms with Crippen LogP contribution in [-0.4, -0.2) is 27.3 Å². The van der Waals surface area contributed by atoms with Crippen LogP contribution < -0.4 is 0 Å². The quantitative estimate of drug-likeness (QED) is 0.786. The number of hydrogen-bond donors (Lipinski definition) is 3. The van der Waals surface area contributed by atoms with Crippen molar-refractivity contribution in [1.82, 2.24) is 0 Å². The van der Waals surface area contributed by atoms with Gasteiger partial charge in [0.2, 0.25) is 0 Å². The Morgan fingerprint density at radius 2 is 1.47 bits per heavy atom. The van der Waals surface area contributed by atoms with Crippen molar-refractivity contribution in [3.8, 4) is 16.9 Å². The third-order valence-electron chi connectivity index (χ3n) is 2.67. The molecule has 0 radical (unpaired) electrons. The third kappa shape index (κ3) is 2.55. The van der Waals surface area contributed by atoms with Crippen LogP contribution in [0.1, 0.15) is 20.7 Å². The van der Waals surface area contributed by atoms with Crippen LogP contribution in [0, 0.1) is 0 Å². The Kier molecular flexibility index (Phi) is 3.20. The van der Waals surface area contributed by atoms with E-state index in [1.54, 1.807) is 12.1 Å². The number of benzene rings is 2. The number of carboxylic acids is 2. The van der Waals surface area contributed by atoms with Crippen LogP contribution >= 0.6 is 0 Å². The van der Waals surface area contributed by atoms with Crippen LogP contribution in [0.4, 0.5) is 0 Å². The summed E-state index contributed by atoms with van der Waals surface area (Å²) in [5.74, 6) is -2.41. The molecule has 0 bridgehead atoms. The number of aromatic hydroxyl groups is 1. The van der Waals surface area contributed by atoms with E-state index in [0.717, 1.165) is 6.07 Å². The molecule has 0 spiro atoms. The first-order valence-corrected chi connectivity index (χ1v) is 5.39. The Balaban J connectivity index is 2.50. The standard InChI is InChI=1S/C14H10O5/c15-12-7-10(14(18)19)4-5-11(12)8-2-1-3-9(6-8)13(16)17/h1-7,15H,(H,16,17)(H,18,19). The summed E-state index contributed by atoms with van der Waals surface area (Å²) in [7, 11) is 0. The minimum absolute atomic E-state index is 0.0318. The molecule has 5 nitrogen and oxygen atoms in total. The molecular weight excluding hydrogens is 248 g/mol. The molecular formula is C14H10O5. The summed E-state index contributed by atoms with van der Waals surface area (Å²) in [4.78, 5) is 21.6. The van der Waals surface area contributed by atoms with Crippen molar-refractivity contribution in [1.29, 1.82) is 0 Å². The minimum atomic E-state index is -1.14. The fraction of sp³-hybridized carbons (Fsp3) is 0. The summed E-state index contributed by atoms with van der Waals surface area (Å²) in [6, 6.07) is 9.98. The number of phenolic OH excluding ortho intramolecular Hbond substituents is 1. The molecule has 0 aliphatic heterocycles. The van der Waals surface area contributed by atoms with E-state index in [0.29, 0.717) is 11.1 Å². The van der Waals surface area contributed by atoms with Gasteiger partial charge in [-0.3, -0.25) is 0 Å². The topological polar surface area (TPSA) is 94.8 Å². The maximum Gasteiger partial charge on any atom is 0.335 e. The highest BCUT2D eigenvalue weighted by Crippen LogP contribution is 2.30. The maximum atomic E-state index is 10.9. The van der Waals surface area contributed by atoms with E-state index in [9.17, 15) is 14.7 Å². The van der Waals surface area contributed by atoms with Crippen LogP contribution in [0.5, 0.6) is 5.75 Å². The molecule has 19 heavy (non-hydrogen) atoms. The number of phenols is 1. The van der Waals surface area contributed by atoms with Crippen molar-refractivity contribution in [2.24, 2.45) is 0 Å². The first kappa shape index (κ1) is 12.6. The van der Waals surface area contributed by atoms with Crippen LogP contribution in [0.3, 0.4) is 0 Å². The summed E-state index contributed by atoms with van der Waals surface area (Å²) in [6.07, 6.45) is 0. The van der Waals surface area contributed by atoms with Gasteiger partial charge in [0, 0.05) is 5.56 Å². The maximum absolute atomic E-state index is 10.9. The Labute approximate surface area is 108 Å². The summed E-state index contributed by atoms with van der Waals surface area (Å²) in [5.41, 5.74) is 0.956. The predicted molar refractivity (Wildman–Crippen MR) is 67.5 cm³/mol. The smallest absolute Gasteiger partial charge is 0.335 e. The third-order valence-corrected chi connectivity index (χ3v) is 2.67. The molecule has 2 rings (SSSR count). The first-order chi connectivity index (χ1) is 8.99. The molecule has 0 aliphatic carbocycles. The second-order valence-corrected chi connectivity index (χ2v) is 3.92. The highest BCUT2D eigenvalue weighted by atomic mass is 16.4. The molecule has 0 atom stereocenters. The van der Waals surface area contributed by atoms with Gasteiger partial charge >= 0.3 is 11.9 Å². The lowest BCUT2D eigenvalue weighted by Crippen LogP contribution is -1.97.